The standard InChI is InChI=1S/C21H23N5O3/c1-14(27)23-9-16-5-6-26-19(8-16)18(11-25-26)21(28)24-10-15-3-2-4-17(7-15)20-12-22-13-29-20/h2-4,7,11-13,16H,5-6,8-10H2,1H3,(H,23,27)(H,24,28). The van der Waals surface area contributed by atoms with Gasteiger partial charge in [0.15, 0.2) is 12.2 Å². The van der Waals surface area contributed by atoms with Crippen molar-refractivity contribution in [2.24, 2.45) is 5.92 Å². The van der Waals surface area contributed by atoms with E-state index in [1.807, 2.05) is 28.9 Å². The minimum absolute atomic E-state index is 0.0328. The minimum Gasteiger partial charge on any atom is -0.444 e. The third-order valence-electron chi connectivity index (χ3n) is 5.16. The maximum atomic E-state index is 12.8. The summed E-state index contributed by atoms with van der Waals surface area (Å²) >= 11 is 0. The minimum atomic E-state index is -0.142. The monoisotopic (exact) mass is 393 g/mol. The molecule has 2 amide bonds. The summed E-state index contributed by atoms with van der Waals surface area (Å²) in [6.45, 7) is 3.30. The van der Waals surface area contributed by atoms with Gasteiger partial charge in [-0.05, 0) is 30.4 Å². The summed E-state index contributed by atoms with van der Waals surface area (Å²) in [4.78, 5) is 27.9. The van der Waals surface area contributed by atoms with Crippen molar-refractivity contribution < 1.29 is 14.0 Å². The summed E-state index contributed by atoms with van der Waals surface area (Å²) < 4.78 is 7.22. The number of amides is 2. The van der Waals surface area contributed by atoms with Crippen LogP contribution in [-0.2, 0) is 24.3 Å². The Morgan fingerprint density at radius 1 is 1.28 bits per heavy atom. The van der Waals surface area contributed by atoms with Gasteiger partial charge in [-0.3, -0.25) is 14.3 Å². The van der Waals surface area contributed by atoms with Crippen molar-refractivity contribution in [1.82, 2.24) is 25.4 Å². The van der Waals surface area contributed by atoms with Gasteiger partial charge >= 0.3 is 0 Å². The number of fused-ring (bicyclic) bond motifs is 1. The van der Waals surface area contributed by atoms with Crippen LogP contribution in [0.2, 0.25) is 0 Å². The molecular formula is C21H23N5O3. The highest BCUT2D eigenvalue weighted by molar-refractivity contribution is 5.95. The van der Waals surface area contributed by atoms with Crippen LogP contribution in [0.4, 0.5) is 0 Å². The Morgan fingerprint density at radius 3 is 2.97 bits per heavy atom. The van der Waals surface area contributed by atoms with Gasteiger partial charge in [0, 0.05) is 32.1 Å². The predicted octanol–water partition coefficient (Wildman–Crippen LogP) is 2.17. The van der Waals surface area contributed by atoms with E-state index in [4.69, 9.17) is 4.42 Å². The van der Waals surface area contributed by atoms with Crippen molar-refractivity contribution in [1.29, 1.82) is 0 Å². The Morgan fingerprint density at radius 2 is 2.17 bits per heavy atom. The molecule has 1 atom stereocenters. The number of aryl methyl sites for hydroxylation is 1. The van der Waals surface area contributed by atoms with Gasteiger partial charge < -0.3 is 15.1 Å². The molecule has 1 aliphatic rings. The van der Waals surface area contributed by atoms with E-state index in [9.17, 15) is 9.59 Å². The first-order valence-corrected chi connectivity index (χ1v) is 9.65. The molecular weight excluding hydrogens is 370 g/mol. The predicted molar refractivity (Wildman–Crippen MR) is 106 cm³/mol. The second kappa shape index (κ2) is 8.30. The maximum absolute atomic E-state index is 12.8. The molecule has 3 aromatic rings. The van der Waals surface area contributed by atoms with E-state index in [0.717, 1.165) is 36.2 Å². The summed E-state index contributed by atoms with van der Waals surface area (Å²) in [5, 5.41) is 10.2. The van der Waals surface area contributed by atoms with E-state index in [1.165, 1.54) is 13.3 Å². The topological polar surface area (TPSA) is 102 Å². The molecule has 2 N–H and O–H groups in total. The average molecular weight is 393 g/mol. The highest BCUT2D eigenvalue weighted by Crippen LogP contribution is 2.23. The normalized spacial score (nSPS) is 15.6. The molecule has 0 saturated carbocycles. The van der Waals surface area contributed by atoms with Gasteiger partial charge in [-0.2, -0.15) is 5.10 Å². The first-order valence-electron chi connectivity index (χ1n) is 9.65. The van der Waals surface area contributed by atoms with Crippen LogP contribution in [0, 0.1) is 5.92 Å². The number of rotatable bonds is 6. The van der Waals surface area contributed by atoms with Gasteiger partial charge in [0.05, 0.1) is 23.7 Å². The third kappa shape index (κ3) is 4.37. The first-order chi connectivity index (χ1) is 14.1. The molecule has 4 rings (SSSR count). The Labute approximate surface area is 168 Å². The van der Waals surface area contributed by atoms with E-state index in [0.29, 0.717) is 30.3 Å². The number of carbonyl (C=O) groups excluding carboxylic acids is 2. The number of oxazole rings is 1. The summed E-state index contributed by atoms with van der Waals surface area (Å²) in [6.07, 6.45) is 6.35. The zero-order valence-electron chi connectivity index (χ0n) is 16.2. The lowest BCUT2D eigenvalue weighted by Crippen LogP contribution is -2.33. The Bertz CT molecular complexity index is 1010. The van der Waals surface area contributed by atoms with Crippen molar-refractivity contribution >= 4 is 11.8 Å². The lowest BCUT2D eigenvalue weighted by Gasteiger charge is -2.24. The zero-order valence-corrected chi connectivity index (χ0v) is 16.2. The fourth-order valence-corrected chi connectivity index (χ4v) is 3.62. The number of carbonyl (C=O) groups is 2. The van der Waals surface area contributed by atoms with Crippen LogP contribution in [0.1, 0.15) is 35.0 Å². The number of nitrogens with zero attached hydrogens (tertiary/aromatic N) is 3. The SMILES string of the molecule is CC(=O)NCC1CCn2ncc(C(=O)NCc3cccc(-c4cnco4)c3)c2C1. The van der Waals surface area contributed by atoms with E-state index in [-0.39, 0.29) is 11.8 Å². The summed E-state index contributed by atoms with van der Waals surface area (Å²) in [7, 11) is 0. The number of aromatic nitrogens is 3. The Kier molecular flexibility index (Phi) is 5.41. The second-order valence-electron chi connectivity index (χ2n) is 7.27. The van der Waals surface area contributed by atoms with Crippen molar-refractivity contribution in [3.63, 3.8) is 0 Å². The summed E-state index contributed by atoms with van der Waals surface area (Å²) in [5.74, 6) is 0.827. The maximum Gasteiger partial charge on any atom is 0.255 e. The average Bonchev–Trinajstić information content (AvgIpc) is 3.40. The van der Waals surface area contributed by atoms with E-state index in [1.54, 1.807) is 12.4 Å². The molecule has 3 heterocycles. The van der Waals surface area contributed by atoms with E-state index in [2.05, 4.69) is 20.7 Å². The number of hydrogen-bond donors (Lipinski definition) is 2. The van der Waals surface area contributed by atoms with Gasteiger partial charge in [-0.25, -0.2) is 4.98 Å². The lowest BCUT2D eigenvalue weighted by molar-refractivity contribution is -0.119. The van der Waals surface area contributed by atoms with Crippen LogP contribution < -0.4 is 10.6 Å². The van der Waals surface area contributed by atoms with Gasteiger partial charge in [0.1, 0.15) is 0 Å². The van der Waals surface area contributed by atoms with Crippen molar-refractivity contribution in [2.75, 3.05) is 6.54 Å². The molecule has 1 aliphatic heterocycles. The molecule has 0 aliphatic carbocycles. The van der Waals surface area contributed by atoms with Gasteiger partial charge in [-0.15, -0.1) is 0 Å². The third-order valence-corrected chi connectivity index (χ3v) is 5.16. The lowest BCUT2D eigenvalue weighted by atomic mass is 9.94. The van der Waals surface area contributed by atoms with Crippen molar-refractivity contribution in [3.05, 3.63) is 59.9 Å². The van der Waals surface area contributed by atoms with Crippen molar-refractivity contribution in [2.45, 2.75) is 32.9 Å². The van der Waals surface area contributed by atoms with Crippen LogP contribution in [0.25, 0.3) is 11.3 Å². The van der Waals surface area contributed by atoms with Crippen molar-refractivity contribution in [3.8, 4) is 11.3 Å². The van der Waals surface area contributed by atoms with Gasteiger partial charge in [0.25, 0.3) is 5.91 Å². The van der Waals surface area contributed by atoms with Crippen LogP contribution in [0.15, 0.2) is 47.5 Å². The molecule has 1 unspecified atom stereocenters. The van der Waals surface area contributed by atoms with Gasteiger partial charge in [0.2, 0.25) is 5.91 Å². The van der Waals surface area contributed by atoms with Crippen LogP contribution in [0.5, 0.6) is 0 Å². The van der Waals surface area contributed by atoms with E-state index < -0.39 is 0 Å². The molecule has 0 saturated heterocycles. The molecule has 8 heteroatoms. The molecule has 0 fully saturated rings. The highest BCUT2D eigenvalue weighted by Gasteiger charge is 2.25. The Hall–Kier alpha value is -3.42. The van der Waals surface area contributed by atoms with E-state index >= 15 is 0 Å². The molecule has 150 valence electrons. The molecule has 1 aromatic carbocycles. The fourth-order valence-electron chi connectivity index (χ4n) is 3.62. The van der Waals surface area contributed by atoms with Crippen LogP contribution in [-0.4, -0.2) is 33.1 Å². The molecule has 8 nitrogen and oxygen atoms in total. The molecule has 2 aromatic heterocycles. The van der Waals surface area contributed by atoms with Crippen LogP contribution >= 0.6 is 0 Å². The van der Waals surface area contributed by atoms with Gasteiger partial charge in [-0.1, -0.05) is 18.2 Å². The number of hydrogen-bond acceptors (Lipinski definition) is 5. The Balaban J connectivity index is 1.41. The smallest absolute Gasteiger partial charge is 0.255 e. The first kappa shape index (κ1) is 18.9. The summed E-state index contributed by atoms with van der Waals surface area (Å²) in [6, 6.07) is 7.79. The molecule has 29 heavy (non-hydrogen) atoms. The fraction of sp³-hybridized carbons (Fsp3) is 0.333. The molecule has 0 spiro atoms. The largest absolute Gasteiger partial charge is 0.444 e. The zero-order chi connectivity index (χ0) is 20.2. The second-order valence-corrected chi connectivity index (χ2v) is 7.27. The molecule has 0 radical (unpaired) electrons. The quantitative estimate of drug-likeness (QED) is 0.668. The number of benzene rings is 1. The molecule has 0 bridgehead atoms. The highest BCUT2D eigenvalue weighted by atomic mass is 16.3. The summed E-state index contributed by atoms with van der Waals surface area (Å²) in [5.41, 5.74) is 3.42. The van der Waals surface area contributed by atoms with Crippen LogP contribution in [0.3, 0.4) is 0 Å². The number of nitrogens with one attached hydrogen (secondary N) is 2.